The second-order valence-corrected chi connectivity index (χ2v) is 5.30. The van der Waals surface area contributed by atoms with E-state index in [4.69, 9.17) is 11.6 Å². The van der Waals surface area contributed by atoms with Gasteiger partial charge in [0.15, 0.2) is 0 Å². The summed E-state index contributed by atoms with van der Waals surface area (Å²) in [6, 6.07) is 4.41. The Morgan fingerprint density at radius 1 is 1.35 bits per heavy atom. The second-order valence-electron chi connectivity index (χ2n) is 4.90. The monoisotopic (exact) mass is 295 g/mol. The Balaban J connectivity index is 2.27. The Kier molecular flexibility index (Phi) is 4.78. The molecule has 20 heavy (non-hydrogen) atoms. The van der Waals surface area contributed by atoms with Crippen molar-refractivity contribution in [1.82, 2.24) is 15.1 Å². The van der Waals surface area contributed by atoms with Crippen molar-refractivity contribution in [1.29, 1.82) is 0 Å². The molecule has 1 aromatic heterocycles. The van der Waals surface area contributed by atoms with Crippen LogP contribution in [-0.2, 0) is 13.0 Å². The SMILES string of the molecule is CNCCc1c(C)nn(Cc2cc(F)ccc2Cl)c1C. The van der Waals surface area contributed by atoms with E-state index < -0.39 is 0 Å². The highest BCUT2D eigenvalue weighted by molar-refractivity contribution is 6.31. The van der Waals surface area contributed by atoms with Gasteiger partial charge in [0.25, 0.3) is 0 Å². The minimum absolute atomic E-state index is 0.277. The van der Waals surface area contributed by atoms with E-state index in [1.165, 1.54) is 17.7 Å². The van der Waals surface area contributed by atoms with E-state index in [1.54, 1.807) is 6.07 Å². The summed E-state index contributed by atoms with van der Waals surface area (Å²) in [6.45, 7) is 5.44. The summed E-state index contributed by atoms with van der Waals surface area (Å²) < 4.78 is 15.2. The number of nitrogens with zero attached hydrogens (tertiary/aromatic N) is 2. The highest BCUT2D eigenvalue weighted by Gasteiger charge is 2.12. The molecule has 0 spiro atoms. The second kappa shape index (κ2) is 6.37. The average Bonchev–Trinajstić information content (AvgIpc) is 2.67. The van der Waals surface area contributed by atoms with Crippen molar-refractivity contribution in [2.75, 3.05) is 13.6 Å². The Bertz CT molecular complexity index is 607. The number of aromatic nitrogens is 2. The lowest BCUT2D eigenvalue weighted by Gasteiger charge is -2.08. The van der Waals surface area contributed by atoms with Crippen LogP contribution in [0.1, 0.15) is 22.5 Å². The fraction of sp³-hybridized carbons (Fsp3) is 0.400. The summed E-state index contributed by atoms with van der Waals surface area (Å²) in [4.78, 5) is 0. The minimum Gasteiger partial charge on any atom is -0.319 e. The summed E-state index contributed by atoms with van der Waals surface area (Å²) >= 11 is 6.11. The molecule has 0 bridgehead atoms. The van der Waals surface area contributed by atoms with E-state index >= 15 is 0 Å². The molecule has 1 aromatic carbocycles. The van der Waals surface area contributed by atoms with Gasteiger partial charge in [0.2, 0.25) is 0 Å². The molecule has 5 heteroatoms. The standard InChI is InChI=1S/C15H19ClFN3/c1-10-14(6-7-18-3)11(2)20(19-10)9-12-8-13(17)4-5-15(12)16/h4-5,8,18H,6-7,9H2,1-3H3. The summed E-state index contributed by atoms with van der Waals surface area (Å²) in [6.07, 6.45) is 0.936. The highest BCUT2D eigenvalue weighted by Crippen LogP contribution is 2.20. The summed E-state index contributed by atoms with van der Waals surface area (Å²) in [5.41, 5.74) is 4.12. The summed E-state index contributed by atoms with van der Waals surface area (Å²) in [7, 11) is 1.93. The normalized spacial score (nSPS) is 11.1. The molecule has 0 aliphatic rings. The van der Waals surface area contributed by atoms with Gasteiger partial charge >= 0.3 is 0 Å². The molecule has 0 saturated carbocycles. The van der Waals surface area contributed by atoms with Gasteiger partial charge in [-0.2, -0.15) is 5.10 Å². The zero-order valence-corrected chi connectivity index (χ0v) is 12.8. The molecule has 0 aliphatic carbocycles. The van der Waals surface area contributed by atoms with Crippen molar-refractivity contribution in [3.63, 3.8) is 0 Å². The van der Waals surface area contributed by atoms with Gasteiger partial charge in [-0.1, -0.05) is 11.6 Å². The number of rotatable bonds is 5. The van der Waals surface area contributed by atoms with Crippen LogP contribution in [0.3, 0.4) is 0 Å². The van der Waals surface area contributed by atoms with Crippen LogP contribution in [-0.4, -0.2) is 23.4 Å². The molecule has 0 amide bonds. The van der Waals surface area contributed by atoms with Gasteiger partial charge in [0.1, 0.15) is 5.82 Å². The molecule has 2 rings (SSSR count). The molecule has 2 aromatic rings. The first-order valence-corrected chi connectivity index (χ1v) is 7.02. The maximum atomic E-state index is 13.3. The number of aryl methyl sites for hydroxylation is 1. The third kappa shape index (κ3) is 3.19. The van der Waals surface area contributed by atoms with Crippen molar-refractivity contribution >= 4 is 11.6 Å². The maximum Gasteiger partial charge on any atom is 0.123 e. The Morgan fingerprint density at radius 3 is 2.80 bits per heavy atom. The van der Waals surface area contributed by atoms with Crippen LogP contribution in [0.25, 0.3) is 0 Å². The third-order valence-corrected chi connectivity index (χ3v) is 3.85. The van der Waals surface area contributed by atoms with Crippen LogP contribution in [0, 0.1) is 19.7 Å². The molecule has 1 N–H and O–H groups in total. The van der Waals surface area contributed by atoms with Gasteiger partial charge in [-0.3, -0.25) is 4.68 Å². The zero-order chi connectivity index (χ0) is 14.7. The van der Waals surface area contributed by atoms with Crippen LogP contribution in [0.5, 0.6) is 0 Å². The van der Waals surface area contributed by atoms with E-state index in [2.05, 4.69) is 10.4 Å². The summed E-state index contributed by atoms with van der Waals surface area (Å²) in [5.74, 6) is -0.277. The molecule has 1 heterocycles. The fourth-order valence-electron chi connectivity index (χ4n) is 2.33. The number of hydrogen-bond acceptors (Lipinski definition) is 2. The lowest BCUT2D eigenvalue weighted by molar-refractivity contribution is 0.615. The molecular weight excluding hydrogens is 277 g/mol. The van der Waals surface area contributed by atoms with Gasteiger partial charge < -0.3 is 5.32 Å². The molecule has 0 saturated heterocycles. The Hall–Kier alpha value is -1.39. The molecule has 0 radical (unpaired) electrons. The topological polar surface area (TPSA) is 29.9 Å². The van der Waals surface area contributed by atoms with E-state index in [9.17, 15) is 4.39 Å². The van der Waals surface area contributed by atoms with Crippen molar-refractivity contribution in [3.8, 4) is 0 Å². The predicted molar refractivity (Wildman–Crippen MR) is 79.8 cm³/mol. The molecule has 0 atom stereocenters. The van der Waals surface area contributed by atoms with Crippen LogP contribution in [0.2, 0.25) is 5.02 Å². The molecule has 0 fully saturated rings. The molecule has 0 aliphatic heterocycles. The number of hydrogen-bond donors (Lipinski definition) is 1. The van der Waals surface area contributed by atoms with Crippen LogP contribution in [0.15, 0.2) is 18.2 Å². The lowest BCUT2D eigenvalue weighted by atomic mass is 10.1. The third-order valence-electron chi connectivity index (χ3n) is 3.48. The highest BCUT2D eigenvalue weighted by atomic mass is 35.5. The largest absolute Gasteiger partial charge is 0.319 e. The first kappa shape index (κ1) is 15.0. The number of benzene rings is 1. The smallest absolute Gasteiger partial charge is 0.123 e. The van der Waals surface area contributed by atoms with Crippen molar-refractivity contribution < 1.29 is 4.39 Å². The van der Waals surface area contributed by atoms with E-state index in [-0.39, 0.29) is 5.82 Å². The van der Waals surface area contributed by atoms with Crippen molar-refractivity contribution in [3.05, 3.63) is 51.6 Å². The lowest BCUT2D eigenvalue weighted by Crippen LogP contribution is -2.11. The van der Waals surface area contributed by atoms with Crippen LogP contribution in [0.4, 0.5) is 4.39 Å². The number of nitrogens with one attached hydrogen (secondary N) is 1. The van der Waals surface area contributed by atoms with Crippen molar-refractivity contribution in [2.24, 2.45) is 0 Å². The first-order chi connectivity index (χ1) is 9.52. The Morgan fingerprint density at radius 2 is 2.10 bits per heavy atom. The zero-order valence-electron chi connectivity index (χ0n) is 12.0. The predicted octanol–water partition coefficient (Wildman–Crippen LogP) is 3.10. The first-order valence-electron chi connectivity index (χ1n) is 6.64. The minimum atomic E-state index is -0.277. The van der Waals surface area contributed by atoms with Crippen LogP contribution >= 0.6 is 11.6 Å². The quantitative estimate of drug-likeness (QED) is 0.918. The van der Waals surface area contributed by atoms with Gasteiger partial charge in [-0.05, 0) is 63.2 Å². The van der Waals surface area contributed by atoms with Gasteiger partial charge in [-0.15, -0.1) is 0 Å². The average molecular weight is 296 g/mol. The van der Waals surface area contributed by atoms with E-state index in [0.717, 1.165) is 29.9 Å². The van der Waals surface area contributed by atoms with E-state index in [1.807, 2.05) is 25.6 Å². The maximum absolute atomic E-state index is 13.3. The van der Waals surface area contributed by atoms with Crippen molar-refractivity contribution in [2.45, 2.75) is 26.8 Å². The fourth-order valence-corrected chi connectivity index (χ4v) is 2.50. The van der Waals surface area contributed by atoms with Crippen LogP contribution < -0.4 is 5.32 Å². The molecular formula is C15H19ClFN3. The molecule has 108 valence electrons. The molecule has 0 unspecified atom stereocenters. The number of halogens is 2. The number of likely N-dealkylation sites (N-methyl/N-ethyl adjacent to an activating group) is 1. The Labute approximate surface area is 123 Å². The van der Waals surface area contributed by atoms with Gasteiger partial charge in [-0.25, -0.2) is 4.39 Å². The van der Waals surface area contributed by atoms with Gasteiger partial charge in [0, 0.05) is 10.7 Å². The van der Waals surface area contributed by atoms with Gasteiger partial charge in [0.05, 0.1) is 12.2 Å². The summed E-state index contributed by atoms with van der Waals surface area (Å²) in [5, 5.41) is 8.24. The van der Waals surface area contributed by atoms with E-state index in [0.29, 0.717) is 11.6 Å². The molecule has 3 nitrogen and oxygen atoms in total.